The van der Waals surface area contributed by atoms with Gasteiger partial charge in [0.05, 0.1) is 27.3 Å². The molecular weight excluding hydrogens is 548 g/mol. The predicted octanol–water partition coefficient (Wildman–Crippen LogP) is 3.94. The molecule has 0 saturated heterocycles. The maximum atomic E-state index is 13.8. The van der Waals surface area contributed by atoms with Gasteiger partial charge in [-0.3, -0.25) is 4.79 Å². The molecule has 0 bridgehead atoms. The third-order valence-electron chi connectivity index (χ3n) is 6.60. The Bertz CT molecular complexity index is 1590. The monoisotopic (exact) mass is 582 g/mol. The molecule has 4 rings (SSSR count). The average Bonchev–Trinajstić information content (AvgIpc) is 3.29. The molecule has 11 heteroatoms. The van der Waals surface area contributed by atoms with Crippen LogP contribution in [0.1, 0.15) is 35.3 Å². The van der Waals surface area contributed by atoms with E-state index in [-0.39, 0.29) is 41.6 Å². The number of nitrogen functional groups attached to an aromatic ring is 1. The Hall–Kier alpha value is -3.51. The van der Waals surface area contributed by atoms with Gasteiger partial charge in [0.2, 0.25) is 10.0 Å². The molecule has 1 heterocycles. The van der Waals surface area contributed by atoms with Crippen LogP contribution >= 0.6 is 11.3 Å². The van der Waals surface area contributed by atoms with Crippen molar-refractivity contribution in [3.8, 4) is 5.75 Å². The van der Waals surface area contributed by atoms with E-state index in [0.717, 1.165) is 5.56 Å². The van der Waals surface area contributed by atoms with Crippen molar-refractivity contribution in [1.82, 2.24) is 14.6 Å². The maximum Gasteiger partial charge on any atom is 0.252 e. The number of benzene rings is 3. The number of aromatic hydroxyl groups is 1. The molecule has 0 aliphatic carbocycles. The summed E-state index contributed by atoms with van der Waals surface area (Å²) in [5, 5.41) is 24.8. The zero-order valence-corrected chi connectivity index (χ0v) is 24.2. The molecule has 0 aliphatic heterocycles. The Morgan fingerprint density at radius 2 is 1.80 bits per heavy atom. The lowest BCUT2D eigenvalue weighted by Gasteiger charge is -2.31. The van der Waals surface area contributed by atoms with E-state index < -0.39 is 28.1 Å². The number of thiazole rings is 1. The van der Waals surface area contributed by atoms with E-state index in [0.29, 0.717) is 20.9 Å². The van der Waals surface area contributed by atoms with Crippen LogP contribution in [0.3, 0.4) is 0 Å². The van der Waals surface area contributed by atoms with Crippen molar-refractivity contribution in [2.75, 3.05) is 18.8 Å². The third-order valence-corrected chi connectivity index (χ3v) is 9.28. The summed E-state index contributed by atoms with van der Waals surface area (Å²) in [5.41, 5.74) is 7.97. The average molecular weight is 583 g/mol. The summed E-state index contributed by atoms with van der Waals surface area (Å²) in [6.07, 6.45) is -0.967. The van der Waals surface area contributed by atoms with Gasteiger partial charge < -0.3 is 21.3 Å². The molecule has 40 heavy (non-hydrogen) atoms. The van der Waals surface area contributed by atoms with Crippen molar-refractivity contribution in [3.63, 3.8) is 0 Å². The quantitative estimate of drug-likeness (QED) is 0.210. The van der Waals surface area contributed by atoms with Crippen LogP contribution in [0.25, 0.3) is 10.2 Å². The fourth-order valence-electron chi connectivity index (χ4n) is 4.51. The molecule has 5 N–H and O–H groups in total. The number of phenolic OH excluding ortho intramolecular Hbond substituents is 1. The number of anilines is 1. The van der Waals surface area contributed by atoms with Crippen LogP contribution < -0.4 is 11.1 Å². The standard InChI is InChI=1S/C29H34N4O5S2/c1-18(2)16-33(40(37,38)21-12-13-23-27(15-21)39-29(30)32-23)17-26(35)24(14-20-8-5-4-6-9-20)31-28(36)22-10-7-11-25(34)19(22)3/h4-13,15,18,24,26,34-35H,14,16-17H2,1-3H3,(H2,30,32)(H,31,36)/t24-,26-/m0/s1. The highest BCUT2D eigenvalue weighted by Crippen LogP contribution is 2.28. The summed E-state index contributed by atoms with van der Waals surface area (Å²) in [6.45, 7) is 5.36. The number of nitrogens with zero attached hydrogens (tertiary/aromatic N) is 2. The molecule has 0 fully saturated rings. The Morgan fingerprint density at radius 1 is 1.07 bits per heavy atom. The van der Waals surface area contributed by atoms with Crippen LogP contribution in [-0.4, -0.2) is 59.1 Å². The molecule has 0 aliphatic rings. The van der Waals surface area contributed by atoms with Crippen molar-refractivity contribution < 1.29 is 23.4 Å². The molecule has 0 unspecified atom stereocenters. The van der Waals surface area contributed by atoms with Gasteiger partial charge in [0.1, 0.15) is 5.75 Å². The summed E-state index contributed by atoms with van der Waals surface area (Å²) >= 11 is 1.20. The van der Waals surface area contributed by atoms with Crippen molar-refractivity contribution in [2.24, 2.45) is 5.92 Å². The Labute approximate surface area is 238 Å². The van der Waals surface area contributed by atoms with E-state index >= 15 is 0 Å². The topological polar surface area (TPSA) is 146 Å². The normalized spacial score (nSPS) is 13.6. The van der Waals surface area contributed by atoms with Gasteiger partial charge in [-0.2, -0.15) is 4.31 Å². The van der Waals surface area contributed by atoms with Gasteiger partial charge in [0.15, 0.2) is 5.13 Å². The fraction of sp³-hybridized carbons (Fsp3) is 0.310. The number of rotatable bonds is 11. The minimum Gasteiger partial charge on any atom is -0.508 e. The molecule has 0 saturated carbocycles. The summed E-state index contributed by atoms with van der Waals surface area (Å²) in [6, 6.07) is 17.8. The lowest BCUT2D eigenvalue weighted by atomic mass is 9.99. The van der Waals surface area contributed by atoms with E-state index in [1.165, 1.54) is 27.8 Å². The van der Waals surface area contributed by atoms with Gasteiger partial charge in [0, 0.05) is 24.2 Å². The molecule has 212 valence electrons. The van der Waals surface area contributed by atoms with Crippen LogP contribution in [-0.2, 0) is 16.4 Å². The zero-order valence-electron chi connectivity index (χ0n) is 22.6. The number of sulfonamides is 1. The number of phenols is 1. The Kier molecular flexibility index (Phi) is 9.09. The van der Waals surface area contributed by atoms with Crippen molar-refractivity contribution in [3.05, 3.63) is 83.4 Å². The van der Waals surface area contributed by atoms with Crippen LogP contribution in [0.15, 0.2) is 71.6 Å². The second-order valence-corrected chi connectivity index (χ2v) is 13.2. The van der Waals surface area contributed by atoms with Crippen LogP contribution in [0.5, 0.6) is 5.75 Å². The second kappa shape index (κ2) is 12.3. The lowest BCUT2D eigenvalue weighted by molar-refractivity contribution is 0.0775. The molecule has 1 amide bonds. The van der Waals surface area contributed by atoms with Gasteiger partial charge in [-0.05, 0) is 55.2 Å². The number of carbonyl (C=O) groups is 1. The van der Waals surface area contributed by atoms with Gasteiger partial charge in [-0.25, -0.2) is 13.4 Å². The number of aliphatic hydroxyl groups is 1. The van der Waals surface area contributed by atoms with Gasteiger partial charge in [0.25, 0.3) is 5.91 Å². The van der Waals surface area contributed by atoms with Gasteiger partial charge in [-0.1, -0.05) is 61.6 Å². The first kappa shape index (κ1) is 29.5. The predicted molar refractivity (Wildman–Crippen MR) is 158 cm³/mol. The van der Waals surface area contributed by atoms with E-state index in [9.17, 15) is 23.4 Å². The first-order valence-corrected chi connectivity index (χ1v) is 15.2. The van der Waals surface area contributed by atoms with Crippen LogP contribution in [0.2, 0.25) is 0 Å². The molecule has 4 aromatic rings. The highest BCUT2D eigenvalue weighted by atomic mass is 32.2. The van der Waals surface area contributed by atoms with Crippen molar-refractivity contribution >= 4 is 42.6 Å². The molecule has 0 radical (unpaired) electrons. The Balaban J connectivity index is 1.64. The molecule has 9 nitrogen and oxygen atoms in total. The number of hydrogen-bond acceptors (Lipinski definition) is 8. The summed E-state index contributed by atoms with van der Waals surface area (Å²) < 4.78 is 29.5. The van der Waals surface area contributed by atoms with Gasteiger partial charge in [-0.15, -0.1) is 0 Å². The minimum absolute atomic E-state index is 0.0123. The summed E-state index contributed by atoms with van der Waals surface area (Å²) in [4.78, 5) is 17.5. The number of amides is 1. The van der Waals surface area contributed by atoms with Crippen LogP contribution in [0, 0.1) is 12.8 Å². The summed E-state index contributed by atoms with van der Waals surface area (Å²) in [5.74, 6) is -0.511. The number of aliphatic hydroxyl groups excluding tert-OH is 1. The maximum absolute atomic E-state index is 13.8. The number of fused-ring (bicyclic) bond motifs is 1. The molecule has 2 atom stereocenters. The highest BCUT2D eigenvalue weighted by Gasteiger charge is 2.32. The first-order valence-electron chi connectivity index (χ1n) is 12.9. The zero-order chi connectivity index (χ0) is 29.0. The number of aromatic nitrogens is 1. The third kappa shape index (κ3) is 6.79. The largest absolute Gasteiger partial charge is 0.508 e. The molecular formula is C29H34N4O5S2. The summed E-state index contributed by atoms with van der Waals surface area (Å²) in [7, 11) is -4.01. The second-order valence-electron chi connectivity index (χ2n) is 10.2. The van der Waals surface area contributed by atoms with E-state index in [4.69, 9.17) is 5.73 Å². The molecule has 0 spiro atoms. The van der Waals surface area contributed by atoms with Crippen molar-refractivity contribution in [1.29, 1.82) is 0 Å². The highest BCUT2D eigenvalue weighted by molar-refractivity contribution is 7.89. The molecule has 1 aromatic heterocycles. The Morgan fingerprint density at radius 3 is 2.50 bits per heavy atom. The minimum atomic E-state index is -4.01. The first-order chi connectivity index (χ1) is 19.0. The van der Waals surface area contributed by atoms with Crippen LogP contribution in [0.4, 0.5) is 5.13 Å². The lowest BCUT2D eigenvalue weighted by Crippen LogP contribution is -2.51. The van der Waals surface area contributed by atoms with E-state index in [1.54, 1.807) is 31.2 Å². The van der Waals surface area contributed by atoms with Gasteiger partial charge >= 0.3 is 0 Å². The number of hydrogen-bond donors (Lipinski definition) is 4. The molecule has 3 aromatic carbocycles. The van der Waals surface area contributed by atoms with Crippen molar-refractivity contribution in [2.45, 2.75) is 44.2 Å². The van der Waals surface area contributed by atoms with E-state index in [1.807, 2.05) is 44.2 Å². The van der Waals surface area contributed by atoms with E-state index in [2.05, 4.69) is 10.3 Å². The number of nitrogens with two attached hydrogens (primary N) is 1. The smallest absolute Gasteiger partial charge is 0.252 e. The number of carbonyl (C=O) groups excluding carboxylic acids is 1. The SMILES string of the molecule is Cc1c(O)cccc1C(=O)N[C@@H](Cc1ccccc1)[C@@H](O)CN(CC(C)C)S(=O)(=O)c1ccc2nc(N)sc2c1. The number of nitrogens with one attached hydrogen (secondary N) is 1. The fourth-order valence-corrected chi connectivity index (χ4v) is 7.01.